The van der Waals surface area contributed by atoms with E-state index in [1.54, 1.807) is 4.90 Å². The minimum absolute atomic E-state index is 0.151. The molecule has 0 spiro atoms. The molecule has 1 saturated carbocycles. The zero-order valence-corrected chi connectivity index (χ0v) is 9.90. The Morgan fingerprint density at radius 2 is 2.00 bits per heavy atom. The first-order chi connectivity index (χ1) is 7.46. The van der Waals surface area contributed by atoms with E-state index in [0.29, 0.717) is 13.0 Å². The molecule has 2 rings (SSSR count). The van der Waals surface area contributed by atoms with E-state index in [-0.39, 0.29) is 23.3 Å². The smallest absolute Gasteiger partial charge is 0.308 e. The number of carbonyl (C=O) groups excluding carboxylic acids is 1. The Kier molecular flexibility index (Phi) is 2.68. The number of hydrogen-bond donors (Lipinski definition) is 1. The lowest BCUT2D eigenvalue weighted by Crippen LogP contribution is -2.48. The Bertz CT molecular complexity index is 322. The second-order valence-electron chi connectivity index (χ2n) is 5.39. The lowest BCUT2D eigenvalue weighted by Gasteiger charge is -2.41. The van der Waals surface area contributed by atoms with Crippen molar-refractivity contribution in [3.05, 3.63) is 0 Å². The van der Waals surface area contributed by atoms with Crippen LogP contribution >= 0.6 is 0 Å². The second-order valence-corrected chi connectivity index (χ2v) is 5.39. The average molecular weight is 225 g/mol. The summed E-state index contributed by atoms with van der Waals surface area (Å²) in [6.45, 7) is 4.46. The minimum atomic E-state index is -0.776. The molecule has 90 valence electrons. The number of carboxylic acid groups (broad SMARTS) is 1. The fourth-order valence-corrected chi connectivity index (χ4v) is 2.82. The summed E-state index contributed by atoms with van der Waals surface area (Å²) in [5.41, 5.74) is -0.207. The molecule has 1 aliphatic carbocycles. The standard InChI is InChI=1S/C12H19NO3/c1-8-9(10(14)15)4-7-13(8)11(16)12(2)5-3-6-12/h8-9H,3-7H2,1-2H3,(H,14,15). The van der Waals surface area contributed by atoms with Crippen LogP contribution in [0.15, 0.2) is 0 Å². The summed E-state index contributed by atoms with van der Waals surface area (Å²) in [5, 5.41) is 9.02. The molecule has 0 aromatic carbocycles. The zero-order chi connectivity index (χ0) is 11.9. The summed E-state index contributed by atoms with van der Waals surface area (Å²) in [4.78, 5) is 25.0. The van der Waals surface area contributed by atoms with E-state index in [0.717, 1.165) is 19.3 Å². The van der Waals surface area contributed by atoms with Gasteiger partial charge < -0.3 is 10.0 Å². The van der Waals surface area contributed by atoms with Crippen molar-refractivity contribution in [1.82, 2.24) is 4.90 Å². The normalized spacial score (nSPS) is 32.2. The maximum absolute atomic E-state index is 12.3. The Labute approximate surface area is 95.6 Å². The third-order valence-corrected chi connectivity index (χ3v) is 4.31. The minimum Gasteiger partial charge on any atom is -0.481 e. The first-order valence-electron chi connectivity index (χ1n) is 5.99. The highest BCUT2D eigenvalue weighted by Gasteiger charge is 2.47. The molecule has 0 aromatic heterocycles. The SMILES string of the molecule is CC1C(C(=O)O)CCN1C(=O)C1(C)CCC1. The monoisotopic (exact) mass is 225 g/mol. The Hall–Kier alpha value is -1.06. The molecule has 4 heteroatoms. The summed E-state index contributed by atoms with van der Waals surface area (Å²) in [6.07, 6.45) is 3.62. The molecule has 16 heavy (non-hydrogen) atoms. The largest absolute Gasteiger partial charge is 0.481 e. The van der Waals surface area contributed by atoms with Gasteiger partial charge in [-0.15, -0.1) is 0 Å². The summed E-state index contributed by atoms with van der Waals surface area (Å²) in [5.74, 6) is -0.996. The predicted octanol–water partition coefficient (Wildman–Crippen LogP) is 1.50. The Balaban J connectivity index is 2.06. The highest BCUT2D eigenvalue weighted by molar-refractivity contribution is 5.85. The van der Waals surface area contributed by atoms with Crippen LogP contribution in [0.25, 0.3) is 0 Å². The molecule has 4 nitrogen and oxygen atoms in total. The van der Waals surface area contributed by atoms with E-state index in [1.165, 1.54) is 0 Å². The maximum Gasteiger partial charge on any atom is 0.308 e. The Morgan fingerprint density at radius 3 is 2.38 bits per heavy atom. The van der Waals surface area contributed by atoms with Crippen LogP contribution < -0.4 is 0 Å². The Morgan fingerprint density at radius 1 is 1.38 bits per heavy atom. The summed E-state index contributed by atoms with van der Waals surface area (Å²) >= 11 is 0. The number of nitrogens with zero attached hydrogens (tertiary/aromatic N) is 1. The van der Waals surface area contributed by atoms with Crippen molar-refractivity contribution >= 4 is 11.9 Å². The van der Waals surface area contributed by atoms with Crippen molar-refractivity contribution in [1.29, 1.82) is 0 Å². The molecule has 1 amide bonds. The van der Waals surface area contributed by atoms with Crippen molar-refractivity contribution in [2.45, 2.75) is 45.6 Å². The number of aliphatic carboxylic acids is 1. The van der Waals surface area contributed by atoms with E-state index in [1.807, 2.05) is 13.8 Å². The van der Waals surface area contributed by atoms with Crippen LogP contribution in [-0.2, 0) is 9.59 Å². The van der Waals surface area contributed by atoms with Gasteiger partial charge in [0, 0.05) is 18.0 Å². The third kappa shape index (κ3) is 1.60. The lowest BCUT2D eigenvalue weighted by molar-refractivity contribution is -0.148. The highest BCUT2D eigenvalue weighted by atomic mass is 16.4. The van der Waals surface area contributed by atoms with Gasteiger partial charge >= 0.3 is 5.97 Å². The average Bonchev–Trinajstić information content (AvgIpc) is 2.55. The fraction of sp³-hybridized carbons (Fsp3) is 0.833. The number of hydrogen-bond acceptors (Lipinski definition) is 2. The topological polar surface area (TPSA) is 57.6 Å². The van der Waals surface area contributed by atoms with Gasteiger partial charge in [-0.25, -0.2) is 0 Å². The zero-order valence-electron chi connectivity index (χ0n) is 9.90. The quantitative estimate of drug-likeness (QED) is 0.774. The van der Waals surface area contributed by atoms with Crippen molar-refractivity contribution in [2.75, 3.05) is 6.54 Å². The molecule has 1 heterocycles. The lowest BCUT2D eigenvalue weighted by atomic mass is 9.69. The number of amides is 1. The van der Waals surface area contributed by atoms with Crippen LogP contribution in [0.3, 0.4) is 0 Å². The number of carboxylic acids is 1. The van der Waals surface area contributed by atoms with Crippen LogP contribution in [0.2, 0.25) is 0 Å². The van der Waals surface area contributed by atoms with E-state index in [9.17, 15) is 9.59 Å². The van der Waals surface area contributed by atoms with Crippen LogP contribution in [0.1, 0.15) is 39.5 Å². The van der Waals surface area contributed by atoms with E-state index < -0.39 is 5.97 Å². The molecule has 0 aromatic rings. The van der Waals surface area contributed by atoms with E-state index in [2.05, 4.69) is 0 Å². The molecule has 1 N–H and O–H groups in total. The summed E-state index contributed by atoms with van der Waals surface area (Å²) < 4.78 is 0. The molecule has 2 fully saturated rings. The fourth-order valence-electron chi connectivity index (χ4n) is 2.82. The van der Waals surface area contributed by atoms with E-state index >= 15 is 0 Å². The molecule has 2 unspecified atom stereocenters. The molecule has 2 atom stereocenters. The van der Waals surface area contributed by atoms with Crippen molar-refractivity contribution < 1.29 is 14.7 Å². The van der Waals surface area contributed by atoms with Gasteiger partial charge in [0.05, 0.1) is 5.92 Å². The van der Waals surface area contributed by atoms with Crippen molar-refractivity contribution in [2.24, 2.45) is 11.3 Å². The summed E-state index contributed by atoms with van der Waals surface area (Å²) in [7, 11) is 0. The van der Waals surface area contributed by atoms with E-state index in [4.69, 9.17) is 5.11 Å². The number of likely N-dealkylation sites (tertiary alicyclic amines) is 1. The number of rotatable bonds is 2. The molecular weight excluding hydrogens is 206 g/mol. The molecule has 0 bridgehead atoms. The van der Waals surface area contributed by atoms with Gasteiger partial charge in [-0.3, -0.25) is 9.59 Å². The molecule has 0 radical (unpaired) electrons. The van der Waals surface area contributed by atoms with Crippen LogP contribution in [0.5, 0.6) is 0 Å². The van der Waals surface area contributed by atoms with Gasteiger partial charge in [0.1, 0.15) is 0 Å². The van der Waals surface area contributed by atoms with Gasteiger partial charge in [0.2, 0.25) is 5.91 Å². The van der Waals surface area contributed by atoms with Gasteiger partial charge in [-0.1, -0.05) is 13.3 Å². The van der Waals surface area contributed by atoms with Crippen LogP contribution in [0.4, 0.5) is 0 Å². The summed E-state index contributed by atoms with van der Waals surface area (Å²) in [6, 6.07) is -0.151. The molecule has 2 aliphatic rings. The van der Waals surface area contributed by atoms with Gasteiger partial charge in [-0.2, -0.15) is 0 Å². The van der Waals surface area contributed by atoms with Gasteiger partial charge in [0.15, 0.2) is 0 Å². The molecular formula is C12H19NO3. The molecule has 1 saturated heterocycles. The van der Waals surface area contributed by atoms with Crippen molar-refractivity contribution in [3.8, 4) is 0 Å². The highest BCUT2D eigenvalue weighted by Crippen LogP contribution is 2.43. The maximum atomic E-state index is 12.3. The number of carbonyl (C=O) groups is 2. The van der Waals surface area contributed by atoms with Gasteiger partial charge in [0.25, 0.3) is 0 Å². The second kappa shape index (κ2) is 3.75. The van der Waals surface area contributed by atoms with Crippen LogP contribution in [-0.4, -0.2) is 34.5 Å². The molecule has 1 aliphatic heterocycles. The first kappa shape index (κ1) is 11.4. The van der Waals surface area contributed by atoms with Crippen LogP contribution in [0, 0.1) is 11.3 Å². The predicted molar refractivity (Wildman–Crippen MR) is 58.9 cm³/mol. The van der Waals surface area contributed by atoms with Gasteiger partial charge in [-0.05, 0) is 26.2 Å². The van der Waals surface area contributed by atoms with Crippen molar-refractivity contribution in [3.63, 3.8) is 0 Å². The third-order valence-electron chi connectivity index (χ3n) is 4.31. The first-order valence-corrected chi connectivity index (χ1v) is 5.99.